The van der Waals surface area contributed by atoms with Gasteiger partial charge in [0.15, 0.2) is 0 Å². The lowest BCUT2D eigenvalue weighted by Crippen LogP contribution is -2.33. The Balaban J connectivity index is 1.48. The molecule has 0 spiro atoms. The van der Waals surface area contributed by atoms with Crippen molar-refractivity contribution in [1.29, 1.82) is 0 Å². The van der Waals surface area contributed by atoms with Crippen LogP contribution in [0.25, 0.3) is 0 Å². The number of hydrogen-bond acceptors (Lipinski definition) is 4. The molecule has 7 heteroatoms. The Morgan fingerprint density at radius 2 is 1.71 bits per heavy atom. The highest BCUT2D eigenvalue weighted by molar-refractivity contribution is 7.89. The van der Waals surface area contributed by atoms with Crippen LogP contribution in [0, 0.1) is 0 Å². The van der Waals surface area contributed by atoms with Crippen LogP contribution < -0.4 is 9.62 Å². The fourth-order valence-electron chi connectivity index (χ4n) is 4.57. The third kappa shape index (κ3) is 5.17. The van der Waals surface area contributed by atoms with Crippen LogP contribution in [-0.2, 0) is 34.3 Å². The van der Waals surface area contributed by atoms with Gasteiger partial charge in [0.2, 0.25) is 15.9 Å². The number of nitrogens with zero attached hydrogens (tertiary/aromatic N) is 2. The third-order valence-electron chi connectivity index (χ3n) is 6.27. The molecular formula is C24H31N3O3S. The number of piperidine rings is 1. The molecule has 2 heterocycles. The van der Waals surface area contributed by atoms with Crippen molar-refractivity contribution in [3.63, 3.8) is 0 Å². The van der Waals surface area contributed by atoms with Crippen LogP contribution in [0.3, 0.4) is 0 Å². The molecule has 1 saturated heterocycles. The van der Waals surface area contributed by atoms with E-state index in [-0.39, 0.29) is 17.3 Å². The largest absolute Gasteiger partial charge is 0.312 e. The van der Waals surface area contributed by atoms with Crippen molar-refractivity contribution in [1.82, 2.24) is 9.62 Å². The zero-order valence-electron chi connectivity index (χ0n) is 18.1. The van der Waals surface area contributed by atoms with Crippen molar-refractivity contribution in [2.24, 2.45) is 0 Å². The average molecular weight is 442 g/mol. The second-order valence-electron chi connectivity index (χ2n) is 8.49. The Bertz CT molecular complexity index is 1050. The number of anilines is 1. The first kappa shape index (κ1) is 22.0. The monoisotopic (exact) mass is 441 g/mol. The molecule has 0 aromatic heterocycles. The maximum atomic E-state index is 13.0. The summed E-state index contributed by atoms with van der Waals surface area (Å²) in [6, 6.07) is 13.1. The predicted octanol–water partition coefficient (Wildman–Crippen LogP) is 3.45. The van der Waals surface area contributed by atoms with E-state index in [2.05, 4.69) is 15.7 Å². The van der Waals surface area contributed by atoms with Gasteiger partial charge in [0.1, 0.15) is 0 Å². The molecule has 6 nitrogen and oxygen atoms in total. The van der Waals surface area contributed by atoms with Gasteiger partial charge in [-0.15, -0.1) is 0 Å². The first-order valence-electron chi connectivity index (χ1n) is 11.1. The molecule has 2 aliphatic rings. The minimum Gasteiger partial charge on any atom is -0.312 e. The minimum absolute atomic E-state index is 0.0139. The first-order chi connectivity index (χ1) is 14.9. The molecule has 0 radical (unpaired) electrons. The Morgan fingerprint density at radius 1 is 0.968 bits per heavy atom. The van der Waals surface area contributed by atoms with Gasteiger partial charge in [-0.25, -0.2) is 13.1 Å². The number of benzene rings is 2. The van der Waals surface area contributed by atoms with E-state index in [1.54, 1.807) is 30.0 Å². The predicted molar refractivity (Wildman–Crippen MR) is 122 cm³/mol. The van der Waals surface area contributed by atoms with Crippen LogP contribution in [-0.4, -0.2) is 38.9 Å². The Morgan fingerprint density at radius 3 is 2.45 bits per heavy atom. The number of fused-ring (bicyclic) bond motifs is 1. The van der Waals surface area contributed by atoms with Gasteiger partial charge in [-0.3, -0.25) is 9.69 Å². The average Bonchev–Trinajstić information content (AvgIpc) is 2.78. The van der Waals surface area contributed by atoms with Crippen molar-refractivity contribution in [3.8, 4) is 0 Å². The van der Waals surface area contributed by atoms with Gasteiger partial charge in [0.05, 0.1) is 4.90 Å². The number of aryl methyl sites for hydroxylation is 1. The normalized spacial score (nSPS) is 17.4. The lowest BCUT2D eigenvalue weighted by atomic mass is 10.0. The van der Waals surface area contributed by atoms with Crippen LogP contribution in [0.1, 0.15) is 49.3 Å². The van der Waals surface area contributed by atoms with E-state index in [4.69, 9.17) is 0 Å². The number of likely N-dealkylation sites (tertiary alicyclic amines) is 1. The Hall–Kier alpha value is -2.22. The van der Waals surface area contributed by atoms with E-state index in [9.17, 15) is 13.2 Å². The number of hydrogen-bond donors (Lipinski definition) is 1. The molecule has 2 aromatic carbocycles. The third-order valence-corrected chi connectivity index (χ3v) is 7.67. The van der Waals surface area contributed by atoms with Gasteiger partial charge in [0, 0.05) is 32.2 Å². The van der Waals surface area contributed by atoms with Crippen LogP contribution in [0.4, 0.5) is 5.69 Å². The summed E-state index contributed by atoms with van der Waals surface area (Å²) in [5.41, 5.74) is 3.92. The van der Waals surface area contributed by atoms with Crippen LogP contribution >= 0.6 is 0 Å². The van der Waals surface area contributed by atoms with Gasteiger partial charge in [-0.05, 0) is 73.7 Å². The first-order valence-corrected chi connectivity index (χ1v) is 12.6. The molecule has 2 aliphatic heterocycles. The minimum atomic E-state index is -3.65. The van der Waals surface area contributed by atoms with E-state index >= 15 is 0 Å². The molecule has 1 N–H and O–H groups in total. The Kier molecular flexibility index (Phi) is 6.74. The van der Waals surface area contributed by atoms with Gasteiger partial charge in [0.25, 0.3) is 0 Å². The number of nitrogens with one attached hydrogen (secondary N) is 1. The number of amides is 1. The summed E-state index contributed by atoms with van der Waals surface area (Å²) in [6.07, 6.45) is 5.37. The van der Waals surface area contributed by atoms with Crippen molar-refractivity contribution >= 4 is 21.6 Å². The van der Waals surface area contributed by atoms with Crippen molar-refractivity contribution < 1.29 is 13.2 Å². The molecule has 0 aliphatic carbocycles. The number of carbonyl (C=O) groups is 1. The van der Waals surface area contributed by atoms with Crippen molar-refractivity contribution in [2.45, 2.75) is 57.0 Å². The summed E-state index contributed by atoms with van der Waals surface area (Å²) in [6.45, 7) is 5.56. The topological polar surface area (TPSA) is 69.7 Å². The van der Waals surface area contributed by atoms with Crippen LogP contribution in [0.15, 0.2) is 47.4 Å². The fourth-order valence-corrected chi connectivity index (χ4v) is 5.62. The number of rotatable bonds is 6. The standard InChI is InChI=1S/C24H31N3O3S/c1-19(28)27-15-7-10-20-16-23(11-12-24(20)27)31(29,30)25-17-21-8-3-4-9-22(21)18-26-13-5-2-6-14-26/h3-4,8-9,11-12,16,25H,2,5-7,10,13-15,17-18H2,1H3. The molecule has 2 aromatic rings. The molecule has 0 saturated carbocycles. The van der Waals surface area contributed by atoms with Crippen LogP contribution in [0.5, 0.6) is 0 Å². The van der Waals surface area contributed by atoms with Gasteiger partial charge in [-0.2, -0.15) is 0 Å². The Labute approximate surface area is 185 Å². The summed E-state index contributed by atoms with van der Waals surface area (Å²) in [5.74, 6) is -0.0139. The molecule has 166 valence electrons. The summed E-state index contributed by atoms with van der Waals surface area (Å²) in [5, 5.41) is 0. The highest BCUT2D eigenvalue weighted by atomic mass is 32.2. The van der Waals surface area contributed by atoms with Gasteiger partial charge < -0.3 is 4.90 Å². The summed E-state index contributed by atoms with van der Waals surface area (Å²) >= 11 is 0. The molecule has 1 fully saturated rings. The van der Waals surface area contributed by atoms with Crippen LogP contribution in [0.2, 0.25) is 0 Å². The SMILES string of the molecule is CC(=O)N1CCCc2cc(S(=O)(=O)NCc3ccccc3CN3CCCCC3)ccc21. The van der Waals surface area contributed by atoms with E-state index in [1.807, 2.05) is 18.2 Å². The fraction of sp³-hybridized carbons (Fsp3) is 0.458. The van der Waals surface area contributed by atoms with Gasteiger partial charge in [-0.1, -0.05) is 30.7 Å². The molecule has 1 amide bonds. The molecular weight excluding hydrogens is 410 g/mol. The second-order valence-corrected chi connectivity index (χ2v) is 10.3. The maximum absolute atomic E-state index is 13.0. The quantitative estimate of drug-likeness (QED) is 0.746. The molecule has 0 unspecified atom stereocenters. The zero-order chi connectivity index (χ0) is 21.8. The van der Waals surface area contributed by atoms with Gasteiger partial charge >= 0.3 is 0 Å². The second kappa shape index (κ2) is 9.51. The number of sulfonamides is 1. The molecule has 0 bridgehead atoms. The molecule has 4 rings (SSSR count). The maximum Gasteiger partial charge on any atom is 0.240 e. The van der Waals surface area contributed by atoms with E-state index in [1.165, 1.54) is 24.8 Å². The molecule has 0 atom stereocenters. The lowest BCUT2D eigenvalue weighted by molar-refractivity contribution is -0.116. The van der Waals surface area contributed by atoms with E-state index in [0.29, 0.717) is 6.54 Å². The number of carbonyl (C=O) groups excluding carboxylic acids is 1. The van der Waals surface area contributed by atoms with Crippen molar-refractivity contribution in [3.05, 3.63) is 59.2 Å². The highest BCUT2D eigenvalue weighted by Gasteiger charge is 2.23. The summed E-state index contributed by atoms with van der Waals surface area (Å²) < 4.78 is 28.8. The lowest BCUT2D eigenvalue weighted by Gasteiger charge is -2.29. The van der Waals surface area contributed by atoms with E-state index in [0.717, 1.165) is 49.3 Å². The summed E-state index contributed by atoms with van der Waals surface area (Å²) in [7, 11) is -3.65. The highest BCUT2D eigenvalue weighted by Crippen LogP contribution is 2.29. The summed E-state index contributed by atoms with van der Waals surface area (Å²) in [4.78, 5) is 16.3. The van der Waals surface area contributed by atoms with Crippen molar-refractivity contribution in [2.75, 3.05) is 24.5 Å². The molecule has 31 heavy (non-hydrogen) atoms. The smallest absolute Gasteiger partial charge is 0.240 e. The zero-order valence-corrected chi connectivity index (χ0v) is 19.0. The van der Waals surface area contributed by atoms with E-state index < -0.39 is 10.0 Å².